The van der Waals surface area contributed by atoms with Gasteiger partial charge in [-0.3, -0.25) is 4.18 Å². The molecule has 0 bridgehead atoms. The summed E-state index contributed by atoms with van der Waals surface area (Å²) in [7, 11) is -1.73. The van der Waals surface area contributed by atoms with Crippen LogP contribution in [0.15, 0.2) is 18.2 Å². The van der Waals surface area contributed by atoms with Crippen LogP contribution in [-0.4, -0.2) is 35.0 Å². The third-order valence-corrected chi connectivity index (χ3v) is 3.92. The number of rotatable bonds is 6. The second-order valence-corrected chi connectivity index (χ2v) is 6.45. The van der Waals surface area contributed by atoms with E-state index in [2.05, 4.69) is 4.18 Å². The van der Waals surface area contributed by atoms with Gasteiger partial charge in [0.2, 0.25) is 0 Å². The summed E-state index contributed by atoms with van der Waals surface area (Å²) >= 11 is 0. The van der Waals surface area contributed by atoms with Crippen LogP contribution >= 0.6 is 0 Å². The fraction of sp³-hybridized carbons (Fsp3) is 0.571. The zero-order valence-corrected chi connectivity index (χ0v) is 12.6. The van der Waals surface area contributed by atoms with Crippen LogP contribution in [0.4, 0.5) is 0 Å². The molecule has 0 spiro atoms. The molecule has 0 heterocycles. The van der Waals surface area contributed by atoms with E-state index in [0.717, 1.165) is 36.8 Å². The van der Waals surface area contributed by atoms with Gasteiger partial charge in [0.1, 0.15) is 5.75 Å². The van der Waals surface area contributed by atoms with Crippen molar-refractivity contribution in [3.63, 3.8) is 0 Å². The average molecular weight is 300 g/mol. The highest BCUT2D eigenvalue weighted by atomic mass is 32.2. The lowest BCUT2D eigenvalue weighted by Gasteiger charge is -2.26. The third-order valence-electron chi connectivity index (χ3n) is 3.33. The lowest BCUT2D eigenvalue weighted by molar-refractivity contribution is 0.0238. The van der Waals surface area contributed by atoms with Crippen molar-refractivity contribution < 1.29 is 22.1 Å². The lowest BCUT2D eigenvalue weighted by Crippen LogP contribution is -2.17. The molecule has 20 heavy (non-hydrogen) atoms. The highest BCUT2D eigenvalue weighted by molar-refractivity contribution is 7.85. The molecule has 6 heteroatoms. The smallest absolute Gasteiger partial charge is 0.264 e. The Morgan fingerprint density at radius 2 is 2.10 bits per heavy atom. The Kier molecular flexibility index (Phi) is 5.01. The summed E-state index contributed by atoms with van der Waals surface area (Å²) in [5.74, 6) is 0.892. The molecule has 0 aliphatic heterocycles. The monoisotopic (exact) mass is 300 g/mol. The van der Waals surface area contributed by atoms with Crippen molar-refractivity contribution in [2.75, 3.05) is 26.6 Å². The Bertz CT molecular complexity index is 553. The Morgan fingerprint density at radius 1 is 1.30 bits per heavy atom. The molecule has 0 amide bonds. The second kappa shape index (κ2) is 6.56. The molecular formula is C14H20O5S. The van der Waals surface area contributed by atoms with E-state index in [1.807, 2.05) is 18.2 Å². The van der Waals surface area contributed by atoms with E-state index in [1.54, 1.807) is 7.11 Å². The van der Waals surface area contributed by atoms with Crippen molar-refractivity contribution in [1.82, 2.24) is 0 Å². The average Bonchev–Trinajstić information content (AvgIpc) is 2.42. The molecule has 1 aliphatic carbocycles. The molecule has 0 saturated heterocycles. The van der Waals surface area contributed by atoms with Gasteiger partial charge in [0.05, 0.1) is 32.7 Å². The van der Waals surface area contributed by atoms with Crippen molar-refractivity contribution >= 4 is 10.1 Å². The highest BCUT2D eigenvalue weighted by Gasteiger charge is 2.23. The Labute approximate surface area is 120 Å². The van der Waals surface area contributed by atoms with Crippen LogP contribution in [0.2, 0.25) is 0 Å². The summed E-state index contributed by atoms with van der Waals surface area (Å²) < 4.78 is 37.5. The van der Waals surface area contributed by atoms with E-state index in [4.69, 9.17) is 9.47 Å². The van der Waals surface area contributed by atoms with Gasteiger partial charge in [-0.1, -0.05) is 12.1 Å². The van der Waals surface area contributed by atoms with Crippen LogP contribution in [0.25, 0.3) is 0 Å². The minimum Gasteiger partial charge on any atom is -0.496 e. The zero-order chi connectivity index (χ0) is 14.6. The second-order valence-electron chi connectivity index (χ2n) is 4.81. The molecule has 0 radical (unpaired) electrons. The molecule has 1 atom stereocenters. The maximum Gasteiger partial charge on any atom is 0.264 e. The summed E-state index contributed by atoms with van der Waals surface area (Å²) in [5.41, 5.74) is 2.32. The first-order chi connectivity index (χ1) is 9.51. The summed E-state index contributed by atoms with van der Waals surface area (Å²) in [6.45, 7) is 0.309. The van der Waals surface area contributed by atoms with Crippen molar-refractivity contribution in [2.24, 2.45) is 0 Å². The normalized spacial score (nSPS) is 18.6. The molecular weight excluding hydrogens is 280 g/mol. The Balaban J connectivity index is 1.98. The number of fused-ring (bicyclic) bond motifs is 1. The fourth-order valence-electron chi connectivity index (χ4n) is 2.51. The number of ether oxygens (including phenoxy) is 2. The van der Waals surface area contributed by atoms with E-state index >= 15 is 0 Å². The molecule has 0 N–H and O–H groups in total. The molecule has 112 valence electrons. The fourth-order valence-corrected chi connectivity index (χ4v) is 2.88. The van der Waals surface area contributed by atoms with Crippen molar-refractivity contribution in [3.05, 3.63) is 29.3 Å². The summed E-state index contributed by atoms with van der Waals surface area (Å²) in [6, 6.07) is 5.94. The molecule has 2 rings (SSSR count). The highest BCUT2D eigenvalue weighted by Crippen LogP contribution is 2.37. The van der Waals surface area contributed by atoms with E-state index in [0.29, 0.717) is 0 Å². The van der Waals surface area contributed by atoms with Crippen LogP contribution in [0, 0.1) is 0 Å². The number of benzene rings is 1. The lowest BCUT2D eigenvalue weighted by atomic mass is 9.88. The van der Waals surface area contributed by atoms with Gasteiger partial charge in [-0.15, -0.1) is 0 Å². The van der Waals surface area contributed by atoms with Gasteiger partial charge in [-0.05, 0) is 36.5 Å². The standard InChI is InChI=1S/C14H20O5S/c1-17-13-7-3-6-12-11(13)5-4-8-14(12)18-9-10-19-20(2,15)16/h3,6-7,14H,4-5,8-10H2,1-2H3. The van der Waals surface area contributed by atoms with Crippen molar-refractivity contribution in [1.29, 1.82) is 0 Å². The first-order valence-electron chi connectivity index (χ1n) is 6.63. The van der Waals surface area contributed by atoms with Gasteiger partial charge in [0, 0.05) is 0 Å². The van der Waals surface area contributed by atoms with Crippen LogP contribution in [-0.2, 0) is 25.5 Å². The molecule has 5 nitrogen and oxygen atoms in total. The predicted molar refractivity (Wildman–Crippen MR) is 75.4 cm³/mol. The number of methoxy groups -OCH3 is 1. The molecule has 0 fully saturated rings. The van der Waals surface area contributed by atoms with E-state index < -0.39 is 10.1 Å². The largest absolute Gasteiger partial charge is 0.496 e. The van der Waals surface area contributed by atoms with Crippen LogP contribution < -0.4 is 4.74 Å². The summed E-state index contributed by atoms with van der Waals surface area (Å²) in [5, 5.41) is 0. The summed E-state index contributed by atoms with van der Waals surface area (Å²) in [4.78, 5) is 0. The van der Waals surface area contributed by atoms with Gasteiger partial charge in [-0.2, -0.15) is 8.42 Å². The van der Waals surface area contributed by atoms with Crippen LogP contribution in [0.1, 0.15) is 30.1 Å². The minimum atomic E-state index is -3.40. The molecule has 0 saturated carbocycles. The van der Waals surface area contributed by atoms with E-state index in [-0.39, 0.29) is 19.3 Å². The molecule has 0 aromatic heterocycles. The van der Waals surface area contributed by atoms with E-state index in [1.165, 1.54) is 5.56 Å². The van der Waals surface area contributed by atoms with Gasteiger partial charge < -0.3 is 9.47 Å². The van der Waals surface area contributed by atoms with Crippen LogP contribution in [0.3, 0.4) is 0 Å². The van der Waals surface area contributed by atoms with Crippen LogP contribution in [0.5, 0.6) is 5.75 Å². The maximum atomic E-state index is 10.9. The SMILES string of the molecule is COc1cccc2c1CCCC2OCCOS(C)(=O)=O. The van der Waals surface area contributed by atoms with Gasteiger partial charge >= 0.3 is 0 Å². The number of hydrogen-bond donors (Lipinski definition) is 0. The third kappa shape index (κ3) is 3.94. The molecule has 1 unspecified atom stereocenters. The predicted octanol–water partition coefficient (Wildman–Crippen LogP) is 2.07. The Morgan fingerprint density at radius 3 is 2.80 bits per heavy atom. The molecule has 1 aliphatic rings. The van der Waals surface area contributed by atoms with Gasteiger partial charge in [-0.25, -0.2) is 0 Å². The van der Waals surface area contributed by atoms with Gasteiger partial charge in [0.15, 0.2) is 0 Å². The Hall–Kier alpha value is -1.11. The van der Waals surface area contributed by atoms with E-state index in [9.17, 15) is 8.42 Å². The minimum absolute atomic E-state index is 0.0167. The number of hydrogen-bond acceptors (Lipinski definition) is 5. The maximum absolute atomic E-state index is 10.9. The molecule has 1 aromatic carbocycles. The first kappa shape index (κ1) is 15.3. The van der Waals surface area contributed by atoms with Crippen molar-refractivity contribution in [3.8, 4) is 5.75 Å². The zero-order valence-electron chi connectivity index (χ0n) is 11.8. The van der Waals surface area contributed by atoms with Gasteiger partial charge in [0.25, 0.3) is 10.1 Å². The topological polar surface area (TPSA) is 61.8 Å². The summed E-state index contributed by atoms with van der Waals surface area (Å²) in [6.07, 6.45) is 3.97. The first-order valence-corrected chi connectivity index (χ1v) is 8.44. The molecule has 1 aromatic rings. The van der Waals surface area contributed by atoms with Crippen molar-refractivity contribution in [2.45, 2.75) is 25.4 Å². The quantitative estimate of drug-likeness (QED) is 0.594.